The molecular weight excluding hydrogens is 420 g/mol. The van der Waals surface area contributed by atoms with Crippen molar-refractivity contribution in [3.05, 3.63) is 28.2 Å². The molecule has 1 aromatic rings. The number of alkyl halides is 3. The number of benzene rings is 1. The quantitative estimate of drug-likeness (QED) is 0.673. The predicted molar refractivity (Wildman–Crippen MR) is 101 cm³/mol. The van der Waals surface area contributed by atoms with Gasteiger partial charge in [0.15, 0.2) is 6.10 Å². The van der Waals surface area contributed by atoms with E-state index in [9.17, 15) is 23.1 Å². The Kier molecular flexibility index (Phi) is 6.89. The van der Waals surface area contributed by atoms with Gasteiger partial charge in [-0.15, -0.1) is 0 Å². The number of carbonyl (C=O) groups excluding carboxylic acids is 1. The maximum atomic E-state index is 13.5. The van der Waals surface area contributed by atoms with E-state index in [2.05, 4.69) is 5.10 Å². The molecule has 1 aliphatic rings. The number of amides is 1. The highest BCUT2D eigenvalue weighted by Gasteiger charge is 2.63. The van der Waals surface area contributed by atoms with Gasteiger partial charge in [0.2, 0.25) is 0 Å². The SMILES string of the molecule is CC(C)CCC1=NN(C(=O)[C@H](C)Oc2ccc(Cl)cc2Cl)[C@](O)(C(F)(F)F)C1. The summed E-state index contributed by atoms with van der Waals surface area (Å²) < 4.78 is 46.0. The molecule has 156 valence electrons. The Balaban J connectivity index is 2.24. The summed E-state index contributed by atoms with van der Waals surface area (Å²) in [6, 6.07) is 4.23. The Morgan fingerprint density at radius 2 is 2.00 bits per heavy atom. The fourth-order valence-electron chi connectivity index (χ4n) is 2.65. The molecule has 1 aliphatic heterocycles. The van der Waals surface area contributed by atoms with Crippen LogP contribution in [0.5, 0.6) is 5.75 Å². The van der Waals surface area contributed by atoms with Crippen molar-refractivity contribution in [2.75, 3.05) is 0 Å². The third-order valence-electron chi connectivity index (χ3n) is 4.26. The van der Waals surface area contributed by atoms with Crippen molar-refractivity contribution in [2.45, 2.75) is 58.0 Å². The molecule has 0 bridgehead atoms. The van der Waals surface area contributed by atoms with Crippen LogP contribution in [0.15, 0.2) is 23.3 Å². The van der Waals surface area contributed by atoms with Crippen molar-refractivity contribution in [2.24, 2.45) is 11.0 Å². The molecule has 1 N–H and O–H groups in total. The van der Waals surface area contributed by atoms with Crippen LogP contribution in [0, 0.1) is 5.92 Å². The van der Waals surface area contributed by atoms with Crippen LogP contribution in [0.2, 0.25) is 10.0 Å². The molecular formula is C18H21Cl2F3N2O3. The lowest BCUT2D eigenvalue weighted by atomic mass is 9.99. The van der Waals surface area contributed by atoms with Crippen molar-refractivity contribution in [3.63, 3.8) is 0 Å². The van der Waals surface area contributed by atoms with Crippen molar-refractivity contribution in [1.29, 1.82) is 0 Å². The normalized spacial score (nSPS) is 21.1. The first-order valence-electron chi connectivity index (χ1n) is 8.66. The van der Waals surface area contributed by atoms with Crippen LogP contribution in [-0.4, -0.2) is 39.7 Å². The van der Waals surface area contributed by atoms with Crippen molar-refractivity contribution in [3.8, 4) is 5.75 Å². The molecule has 1 aromatic carbocycles. The van der Waals surface area contributed by atoms with E-state index in [1.807, 2.05) is 13.8 Å². The van der Waals surface area contributed by atoms with Gasteiger partial charge in [0.25, 0.3) is 11.6 Å². The van der Waals surface area contributed by atoms with Crippen LogP contribution in [0.4, 0.5) is 13.2 Å². The van der Waals surface area contributed by atoms with Gasteiger partial charge >= 0.3 is 6.18 Å². The van der Waals surface area contributed by atoms with Crippen LogP contribution in [-0.2, 0) is 4.79 Å². The summed E-state index contributed by atoms with van der Waals surface area (Å²) in [6.45, 7) is 5.09. The molecule has 5 nitrogen and oxygen atoms in total. The summed E-state index contributed by atoms with van der Waals surface area (Å²) in [6.07, 6.45) is -6.41. The first kappa shape index (κ1) is 22.8. The number of nitrogens with zero attached hydrogens (tertiary/aromatic N) is 2. The van der Waals surface area contributed by atoms with E-state index in [1.54, 1.807) is 0 Å². The first-order chi connectivity index (χ1) is 12.8. The summed E-state index contributed by atoms with van der Waals surface area (Å²) in [5, 5.41) is 14.6. The summed E-state index contributed by atoms with van der Waals surface area (Å²) in [4.78, 5) is 12.6. The van der Waals surface area contributed by atoms with E-state index in [0.29, 0.717) is 11.4 Å². The number of aliphatic hydroxyl groups is 1. The van der Waals surface area contributed by atoms with Gasteiger partial charge in [-0.2, -0.15) is 23.3 Å². The monoisotopic (exact) mass is 440 g/mol. The molecule has 2 rings (SSSR count). The molecule has 0 spiro atoms. The van der Waals surface area contributed by atoms with Crippen LogP contribution >= 0.6 is 23.2 Å². The van der Waals surface area contributed by atoms with Crippen LogP contribution < -0.4 is 4.74 Å². The lowest BCUT2D eigenvalue weighted by Gasteiger charge is -2.33. The fourth-order valence-corrected chi connectivity index (χ4v) is 3.10. The molecule has 0 aromatic heterocycles. The fraction of sp³-hybridized carbons (Fsp3) is 0.556. The largest absolute Gasteiger partial charge is 0.479 e. The molecule has 28 heavy (non-hydrogen) atoms. The van der Waals surface area contributed by atoms with Crippen LogP contribution in [0.1, 0.15) is 40.0 Å². The van der Waals surface area contributed by atoms with Gasteiger partial charge < -0.3 is 9.84 Å². The smallest absolute Gasteiger partial charge is 0.438 e. The van der Waals surface area contributed by atoms with Gasteiger partial charge in [-0.1, -0.05) is 37.0 Å². The minimum atomic E-state index is -5.08. The molecule has 0 aliphatic carbocycles. The lowest BCUT2D eigenvalue weighted by molar-refractivity contribution is -0.303. The van der Waals surface area contributed by atoms with E-state index in [0.717, 1.165) is 0 Å². The lowest BCUT2D eigenvalue weighted by Crippen LogP contribution is -2.58. The van der Waals surface area contributed by atoms with Crippen molar-refractivity contribution in [1.82, 2.24) is 5.01 Å². The van der Waals surface area contributed by atoms with E-state index in [-0.39, 0.29) is 33.8 Å². The molecule has 1 amide bonds. The summed E-state index contributed by atoms with van der Waals surface area (Å²) >= 11 is 11.8. The third-order valence-corrected chi connectivity index (χ3v) is 4.79. The van der Waals surface area contributed by atoms with E-state index >= 15 is 0 Å². The topological polar surface area (TPSA) is 62.1 Å². The zero-order valence-corrected chi connectivity index (χ0v) is 17.1. The second-order valence-electron chi connectivity index (χ2n) is 7.07. The second kappa shape index (κ2) is 8.47. The number of halogens is 5. The van der Waals surface area contributed by atoms with Crippen LogP contribution in [0.25, 0.3) is 0 Å². The standard InChI is InChI=1S/C18H21Cl2F3N2O3/c1-10(2)4-6-13-9-17(27,18(21,22)23)25(24-13)16(26)11(3)28-15-7-5-12(19)8-14(15)20/h5,7-8,10-11,27H,4,6,9H2,1-3H3/t11-,17+/m0/s1. The zero-order chi connectivity index (χ0) is 21.3. The van der Waals surface area contributed by atoms with Gasteiger partial charge in [-0.25, -0.2) is 0 Å². The van der Waals surface area contributed by atoms with Gasteiger partial charge in [0, 0.05) is 17.2 Å². The number of carbonyl (C=O) groups is 1. The highest BCUT2D eigenvalue weighted by Crippen LogP contribution is 2.41. The number of rotatable bonds is 6. The number of hydrogen-bond donors (Lipinski definition) is 1. The van der Waals surface area contributed by atoms with Gasteiger partial charge in [-0.05, 0) is 43.9 Å². The predicted octanol–water partition coefficient (Wildman–Crippen LogP) is 5.04. The second-order valence-corrected chi connectivity index (χ2v) is 7.92. The Bertz CT molecular complexity index is 771. The Labute approximate surface area is 171 Å². The summed E-state index contributed by atoms with van der Waals surface area (Å²) in [5.41, 5.74) is -3.30. The van der Waals surface area contributed by atoms with E-state index in [1.165, 1.54) is 25.1 Å². The van der Waals surface area contributed by atoms with Gasteiger partial charge in [0.1, 0.15) is 5.75 Å². The molecule has 0 saturated carbocycles. The molecule has 2 atom stereocenters. The minimum Gasteiger partial charge on any atom is -0.479 e. The molecule has 0 fully saturated rings. The molecule has 0 saturated heterocycles. The highest BCUT2D eigenvalue weighted by atomic mass is 35.5. The Hall–Kier alpha value is -1.51. The molecule has 1 heterocycles. The highest BCUT2D eigenvalue weighted by molar-refractivity contribution is 6.35. The Morgan fingerprint density at radius 1 is 1.36 bits per heavy atom. The summed E-state index contributed by atoms with van der Waals surface area (Å²) in [5.74, 6) is -0.822. The van der Waals surface area contributed by atoms with Crippen LogP contribution in [0.3, 0.4) is 0 Å². The molecule has 0 radical (unpaired) electrons. The Morgan fingerprint density at radius 3 is 2.54 bits per heavy atom. The first-order valence-corrected chi connectivity index (χ1v) is 9.42. The molecule has 0 unspecified atom stereocenters. The average Bonchev–Trinajstić information content (AvgIpc) is 2.92. The van der Waals surface area contributed by atoms with Crippen molar-refractivity contribution >= 4 is 34.8 Å². The van der Waals surface area contributed by atoms with Gasteiger partial charge in [0.05, 0.1) is 5.02 Å². The minimum absolute atomic E-state index is 0.0747. The summed E-state index contributed by atoms with van der Waals surface area (Å²) in [7, 11) is 0. The zero-order valence-electron chi connectivity index (χ0n) is 15.6. The number of ether oxygens (including phenoxy) is 1. The number of hydrazone groups is 1. The third kappa shape index (κ3) is 4.90. The number of hydrogen-bond acceptors (Lipinski definition) is 4. The maximum Gasteiger partial charge on any atom is 0.438 e. The molecule has 10 heteroatoms. The average molecular weight is 441 g/mol. The maximum absolute atomic E-state index is 13.5. The van der Waals surface area contributed by atoms with Gasteiger partial charge in [-0.3, -0.25) is 4.79 Å². The van der Waals surface area contributed by atoms with E-state index < -0.39 is 30.3 Å². The van der Waals surface area contributed by atoms with E-state index in [4.69, 9.17) is 27.9 Å². The van der Waals surface area contributed by atoms with Crippen molar-refractivity contribution < 1.29 is 27.8 Å².